The molecular weight excluding hydrogens is 1020 g/mol. The van der Waals surface area contributed by atoms with Crippen molar-refractivity contribution in [3.05, 3.63) is 320 Å². The maximum Gasteiger partial charge on any atom is 0.179 e. The van der Waals surface area contributed by atoms with Gasteiger partial charge in [0.25, 0.3) is 0 Å². The van der Waals surface area contributed by atoms with E-state index >= 15 is 0 Å². The number of rotatable bonds is 18. The normalized spacial score (nSPS) is 11.3. The molecule has 0 heterocycles. The van der Waals surface area contributed by atoms with E-state index in [0.717, 1.165) is 54.1 Å². The molecule has 404 valence electrons. The van der Waals surface area contributed by atoms with Crippen LogP contribution in [-0.2, 0) is 12.8 Å². The second-order valence-electron chi connectivity index (χ2n) is 22.0. The first kappa shape index (κ1) is 54.1. The number of aryl methyl sites for hydroxylation is 3. The lowest BCUT2D eigenvalue weighted by Gasteiger charge is -2.35. The zero-order chi connectivity index (χ0) is 56.5. The Balaban J connectivity index is 0.877. The molecule has 0 bridgehead atoms. The molecule has 0 atom stereocenters. The van der Waals surface area contributed by atoms with Crippen LogP contribution in [0.5, 0.6) is 0 Å². The molecule has 0 fully saturated rings. The minimum atomic E-state index is -2.89. The highest BCUT2D eigenvalue weighted by Gasteiger charge is 2.41. The molecule has 0 unspecified atom stereocenters. The summed E-state index contributed by atoms with van der Waals surface area (Å²) in [5.41, 5.74) is 21.7. The van der Waals surface area contributed by atoms with Crippen molar-refractivity contribution in [1.29, 1.82) is 0 Å². The highest BCUT2D eigenvalue weighted by Crippen LogP contribution is 2.38. The van der Waals surface area contributed by atoms with Crippen LogP contribution in [-0.4, -0.2) is 15.1 Å². The summed E-state index contributed by atoms with van der Waals surface area (Å²) in [7, 11) is -0.718. The molecule has 12 rings (SSSR count). The van der Waals surface area contributed by atoms with Gasteiger partial charge in [-0.1, -0.05) is 275 Å². The number of nitrogens with zero attached hydrogens (tertiary/aromatic N) is 2. The van der Waals surface area contributed by atoms with E-state index in [9.17, 15) is 0 Å². The van der Waals surface area contributed by atoms with Crippen LogP contribution in [0.3, 0.4) is 0 Å². The van der Waals surface area contributed by atoms with Gasteiger partial charge in [0.15, 0.2) is 8.07 Å². The van der Waals surface area contributed by atoms with Crippen molar-refractivity contribution in [1.82, 2.24) is 0 Å². The predicted molar refractivity (Wildman–Crippen MR) is 359 cm³/mol. The second-order valence-corrected chi connectivity index (χ2v) is 25.8. The summed E-state index contributed by atoms with van der Waals surface area (Å²) < 4.78 is 0. The van der Waals surface area contributed by atoms with Crippen LogP contribution in [0.4, 0.5) is 28.4 Å². The minimum absolute atomic E-state index is 1.09. The largest absolute Gasteiger partial charge is 0.345 e. The average Bonchev–Trinajstić information content (AvgIpc) is 3.43. The SMILES string of the molecule is CCCc1ccc(-c2ccc(N(C)c3ccc([Si](c4ccccc4)(c4ccccc4)c4ccc(N(c5ccc(-c6ccc(CCC)cc6)cc5)c5ccc(-c6ccc(-c7ccc(-c8ccc(C)cc8)cc7)cc6)cc5)cc4)cc3)cc2)cc1. The summed E-state index contributed by atoms with van der Waals surface area (Å²) in [5, 5.41) is 5.33. The Kier molecular flexibility index (Phi) is 16.1. The maximum absolute atomic E-state index is 2.89. The molecule has 3 heteroatoms. The van der Waals surface area contributed by atoms with Crippen LogP contribution < -0.4 is 30.5 Å². The van der Waals surface area contributed by atoms with E-state index in [0.29, 0.717) is 0 Å². The lowest BCUT2D eigenvalue weighted by atomic mass is 9.97. The molecule has 0 saturated carbocycles. The molecule has 0 radical (unpaired) electrons. The van der Waals surface area contributed by atoms with Crippen LogP contribution in [0.15, 0.2) is 303 Å². The number of hydrogen-bond donors (Lipinski definition) is 0. The summed E-state index contributed by atoms with van der Waals surface area (Å²) >= 11 is 0. The quantitative estimate of drug-likeness (QED) is 0.0624. The third-order valence-corrected chi connectivity index (χ3v) is 21.4. The first-order valence-corrected chi connectivity index (χ1v) is 31.5. The van der Waals surface area contributed by atoms with Crippen LogP contribution >= 0.6 is 0 Å². The van der Waals surface area contributed by atoms with Crippen molar-refractivity contribution < 1.29 is 0 Å². The van der Waals surface area contributed by atoms with Gasteiger partial charge in [-0.05, 0) is 168 Å². The standard InChI is InChI=1S/C80H70N2Si/c1-5-13-60-21-27-63(28-22-60)69-39-45-72(46-40-69)81(4)73-51-55-79(56-52-73)83(77-15-9-7-10-16-77,78-17-11-8-12-18-78)80-57-53-76(54-58-80)82(74-47-41-70(42-48-74)64-29-23-61(14-6-2)24-30-64)75-49-43-71(44-50-75)68-37-35-67(36-38-68)66-33-31-65(32-34-66)62-25-19-59(3)20-26-62/h7-12,15-58H,5-6,13-14H2,1-4H3. The minimum Gasteiger partial charge on any atom is -0.345 e. The Morgan fingerprint density at radius 2 is 0.482 bits per heavy atom. The molecule has 2 nitrogen and oxygen atoms in total. The van der Waals surface area contributed by atoms with Crippen LogP contribution in [0.1, 0.15) is 43.4 Å². The second kappa shape index (κ2) is 24.7. The van der Waals surface area contributed by atoms with Crippen molar-refractivity contribution in [2.75, 3.05) is 16.8 Å². The van der Waals surface area contributed by atoms with Gasteiger partial charge in [0, 0.05) is 35.5 Å². The Bertz CT molecular complexity index is 3970. The van der Waals surface area contributed by atoms with Gasteiger partial charge < -0.3 is 9.80 Å². The molecule has 0 spiro atoms. The maximum atomic E-state index is 2.41. The summed E-state index contributed by atoms with van der Waals surface area (Å²) in [6.45, 7) is 6.60. The molecule has 0 aliphatic heterocycles. The van der Waals surface area contributed by atoms with Gasteiger partial charge in [-0.3, -0.25) is 0 Å². The predicted octanol–water partition coefficient (Wildman–Crippen LogP) is 18.9. The van der Waals surface area contributed by atoms with E-state index in [-0.39, 0.29) is 0 Å². The van der Waals surface area contributed by atoms with Gasteiger partial charge in [0.2, 0.25) is 0 Å². The van der Waals surface area contributed by atoms with E-state index in [1.165, 1.54) is 93.1 Å². The molecule has 0 N–H and O–H groups in total. The van der Waals surface area contributed by atoms with Crippen molar-refractivity contribution >= 4 is 57.3 Å². The highest BCUT2D eigenvalue weighted by atomic mass is 28.3. The summed E-state index contributed by atoms with van der Waals surface area (Å²) in [6, 6.07) is 113. The van der Waals surface area contributed by atoms with E-state index < -0.39 is 8.07 Å². The van der Waals surface area contributed by atoms with Crippen molar-refractivity contribution in [2.45, 2.75) is 46.5 Å². The molecule has 0 amide bonds. The van der Waals surface area contributed by atoms with Crippen LogP contribution in [0.25, 0.3) is 55.6 Å². The topological polar surface area (TPSA) is 6.48 Å². The number of benzene rings is 12. The van der Waals surface area contributed by atoms with E-state index in [1.54, 1.807) is 0 Å². The fourth-order valence-electron chi connectivity index (χ4n) is 12.0. The van der Waals surface area contributed by atoms with Crippen molar-refractivity contribution in [3.63, 3.8) is 0 Å². The zero-order valence-electron chi connectivity index (χ0n) is 48.1. The Labute approximate surface area is 493 Å². The molecule has 0 aliphatic carbocycles. The molecule has 12 aromatic rings. The molecule has 0 saturated heterocycles. The van der Waals surface area contributed by atoms with Gasteiger partial charge in [-0.25, -0.2) is 0 Å². The Morgan fingerprint density at radius 3 is 0.783 bits per heavy atom. The zero-order valence-corrected chi connectivity index (χ0v) is 49.1. The first-order chi connectivity index (χ1) is 40.8. The highest BCUT2D eigenvalue weighted by molar-refractivity contribution is 7.19. The Morgan fingerprint density at radius 1 is 0.253 bits per heavy atom. The fraction of sp³-hybridized carbons (Fsp3) is 0.100. The van der Waals surface area contributed by atoms with Gasteiger partial charge in [-0.2, -0.15) is 0 Å². The lowest BCUT2D eigenvalue weighted by Crippen LogP contribution is -2.74. The summed E-state index contributed by atoms with van der Waals surface area (Å²) in [4.78, 5) is 4.70. The third-order valence-electron chi connectivity index (χ3n) is 16.6. The van der Waals surface area contributed by atoms with E-state index in [1.807, 2.05) is 0 Å². The van der Waals surface area contributed by atoms with Gasteiger partial charge in [0.1, 0.15) is 0 Å². The first-order valence-electron chi connectivity index (χ1n) is 29.5. The van der Waals surface area contributed by atoms with Crippen LogP contribution in [0.2, 0.25) is 0 Å². The summed E-state index contributed by atoms with van der Waals surface area (Å²) in [5.74, 6) is 0. The molecule has 0 aromatic heterocycles. The monoisotopic (exact) mass is 1090 g/mol. The van der Waals surface area contributed by atoms with E-state index in [2.05, 4.69) is 341 Å². The van der Waals surface area contributed by atoms with E-state index in [4.69, 9.17) is 0 Å². The van der Waals surface area contributed by atoms with Crippen LogP contribution in [0, 0.1) is 6.92 Å². The van der Waals surface area contributed by atoms with Gasteiger partial charge >= 0.3 is 0 Å². The lowest BCUT2D eigenvalue weighted by molar-refractivity contribution is 0.922. The number of hydrogen-bond acceptors (Lipinski definition) is 2. The molecule has 12 aromatic carbocycles. The van der Waals surface area contributed by atoms with Crippen molar-refractivity contribution in [3.8, 4) is 55.6 Å². The molecule has 0 aliphatic rings. The fourth-order valence-corrected chi connectivity index (χ4v) is 16.7. The smallest absolute Gasteiger partial charge is 0.179 e. The van der Waals surface area contributed by atoms with Gasteiger partial charge in [-0.15, -0.1) is 0 Å². The molecule has 83 heavy (non-hydrogen) atoms. The average molecular weight is 1090 g/mol. The van der Waals surface area contributed by atoms with Gasteiger partial charge in [0.05, 0.1) is 0 Å². The number of anilines is 5. The third kappa shape index (κ3) is 11.6. The summed E-state index contributed by atoms with van der Waals surface area (Å²) in [6.07, 6.45) is 4.50. The van der Waals surface area contributed by atoms with Crippen molar-refractivity contribution in [2.24, 2.45) is 0 Å². The molecular formula is C80H70N2Si. The Hall–Kier alpha value is -9.54.